The smallest absolute Gasteiger partial charge is 0.333 e. The van der Waals surface area contributed by atoms with Gasteiger partial charge >= 0.3 is 5.97 Å². The molecule has 0 bridgehead atoms. The minimum absolute atomic E-state index is 0.129. The molecule has 0 spiro atoms. The lowest BCUT2D eigenvalue weighted by Crippen LogP contribution is -2.44. The van der Waals surface area contributed by atoms with E-state index in [1.54, 1.807) is 0 Å². The Bertz CT molecular complexity index is 375. The van der Waals surface area contributed by atoms with Crippen LogP contribution in [0, 0.1) is 0 Å². The number of nitrogens with zero attached hydrogens (tertiary/aromatic N) is 1. The monoisotopic (exact) mass is 253 g/mol. The second-order valence-corrected chi connectivity index (χ2v) is 4.61. The maximum absolute atomic E-state index is 11.9. The molecule has 1 fully saturated rings. The van der Waals surface area contributed by atoms with E-state index in [9.17, 15) is 14.4 Å². The highest BCUT2D eigenvalue weighted by Crippen LogP contribution is 2.17. The Labute approximate surface area is 107 Å². The third kappa shape index (κ3) is 3.68. The summed E-state index contributed by atoms with van der Waals surface area (Å²) in [6.07, 6.45) is 2.91. The minimum atomic E-state index is -0.613. The summed E-state index contributed by atoms with van der Waals surface area (Å²) in [5.74, 6) is -1.25. The fourth-order valence-corrected chi connectivity index (χ4v) is 1.92. The molecule has 5 heteroatoms. The summed E-state index contributed by atoms with van der Waals surface area (Å²) in [5.41, 5.74) is 0.234. The molecule has 2 amide bonds. The molecule has 0 N–H and O–H groups in total. The normalized spacial score (nSPS) is 20.2. The summed E-state index contributed by atoms with van der Waals surface area (Å²) in [6, 6.07) is -0.129. The molecule has 0 saturated carbocycles. The predicted molar refractivity (Wildman–Crippen MR) is 65.6 cm³/mol. The standard InChI is InChI=1S/C13H19NO4/c1-9(2)13(17)18-8-12(16)14-10(3)6-4-5-7-11(14)15/h10H,1,4-8H2,2-3H3. The molecule has 0 aliphatic carbocycles. The molecule has 1 heterocycles. The van der Waals surface area contributed by atoms with Crippen molar-refractivity contribution >= 4 is 17.8 Å². The fourth-order valence-electron chi connectivity index (χ4n) is 1.92. The first-order valence-corrected chi connectivity index (χ1v) is 6.11. The minimum Gasteiger partial charge on any atom is -0.452 e. The number of rotatable bonds is 3. The van der Waals surface area contributed by atoms with Crippen molar-refractivity contribution in [3.8, 4) is 0 Å². The van der Waals surface area contributed by atoms with Gasteiger partial charge in [-0.2, -0.15) is 0 Å². The third-order valence-electron chi connectivity index (χ3n) is 2.92. The van der Waals surface area contributed by atoms with Crippen molar-refractivity contribution in [1.29, 1.82) is 0 Å². The number of hydrogen-bond donors (Lipinski definition) is 0. The molecule has 1 atom stereocenters. The maximum atomic E-state index is 11.9. The first kappa shape index (κ1) is 14.4. The quantitative estimate of drug-likeness (QED) is 0.563. The average Bonchev–Trinajstić information content (AvgIpc) is 2.47. The zero-order valence-corrected chi connectivity index (χ0v) is 10.9. The SMILES string of the molecule is C=C(C)C(=O)OCC(=O)N1C(=O)CCCCC1C. The number of likely N-dealkylation sites (tertiary alicyclic amines) is 1. The van der Waals surface area contributed by atoms with Crippen molar-refractivity contribution < 1.29 is 19.1 Å². The van der Waals surface area contributed by atoms with E-state index in [0.29, 0.717) is 6.42 Å². The molecule has 5 nitrogen and oxygen atoms in total. The second-order valence-electron chi connectivity index (χ2n) is 4.61. The number of esters is 1. The number of carbonyl (C=O) groups excluding carboxylic acids is 3. The van der Waals surface area contributed by atoms with Crippen LogP contribution in [0.4, 0.5) is 0 Å². The molecule has 1 unspecified atom stereocenters. The molecule has 1 aliphatic rings. The van der Waals surface area contributed by atoms with Crippen molar-refractivity contribution in [1.82, 2.24) is 4.90 Å². The summed E-state index contributed by atoms with van der Waals surface area (Å²) >= 11 is 0. The van der Waals surface area contributed by atoms with Crippen molar-refractivity contribution in [2.75, 3.05) is 6.61 Å². The first-order valence-electron chi connectivity index (χ1n) is 6.11. The first-order chi connectivity index (χ1) is 8.43. The Morgan fingerprint density at radius 3 is 2.72 bits per heavy atom. The third-order valence-corrected chi connectivity index (χ3v) is 2.92. The highest BCUT2D eigenvalue weighted by atomic mass is 16.5. The van der Waals surface area contributed by atoms with Gasteiger partial charge in [0.15, 0.2) is 6.61 Å². The summed E-state index contributed by atoms with van der Waals surface area (Å²) in [6.45, 7) is 6.36. The molecule has 18 heavy (non-hydrogen) atoms. The molecule has 1 aliphatic heterocycles. The molecule has 1 rings (SSSR count). The topological polar surface area (TPSA) is 63.7 Å². The number of amides is 2. The predicted octanol–water partition coefficient (Wildman–Crippen LogP) is 1.42. The Morgan fingerprint density at radius 2 is 2.11 bits per heavy atom. The molecule has 0 radical (unpaired) electrons. The molecule has 0 aromatic heterocycles. The van der Waals surface area contributed by atoms with Crippen molar-refractivity contribution in [2.45, 2.75) is 45.6 Å². The van der Waals surface area contributed by atoms with Crippen molar-refractivity contribution in [3.05, 3.63) is 12.2 Å². The highest BCUT2D eigenvalue weighted by Gasteiger charge is 2.29. The lowest BCUT2D eigenvalue weighted by atomic mass is 10.1. The lowest BCUT2D eigenvalue weighted by Gasteiger charge is -2.25. The van der Waals surface area contributed by atoms with E-state index in [1.807, 2.05) is 6.92 Å². The molecule has 0 aromatic carbocycles. The van der Waals surface area contributed by atoms with E-state index in [4.69, 9.17) is 4.74 Å². The van der Waals surface area contributed by atoms with Crippen LogP contribution in [-0.4, -0.2) is 35.3 Å². The van der Waals surface area contributed by atoms with Gasteiger partial charge in [-0.15, -0.1) is 0 Å². The van der Waals surface area contributed by atoms with Crippen LogP contribution in [-0.2, 0) is 19.1 Å². The average molecular weight is 253 g/mol. The zero-order chi connectivity index (χ0) is 13.7. The summed E-state index contributed by atoms with van der Waals surface area (Å²) in [5, 5.41) is 0. The van der Waals surface area contributed by atoms with Gasteiger partial charge in [-0.05, 0) is 26.7 Å². The Balaban J connectivity index is 2.60. The van der Waals surface area contributed by atoms with Gasteiger partial charge in [0, 0.05) is 18.0 Å². The zero-order valence-electron chi connectivity index (χ0n) is 10.9. The van der Waals surface area contributed by atoms with E-state index in [2.05, 4.69) is 6.58 Å². The van der Waals surface area contributed by atoms with Crippen LogP contribution in [0.3, 0.4) is 0 Å². The summed E-state index contributed by atoms with van der Waals surface area (Å²) in [4.78, 5) is 36.1. The van der Waals surface area contributed by atoms with E-state index in [-0.39, 0.29) is 17.5 Å². The van der Waals surface area contributed by atoms with Crippen molar-refractivity contribution in [2.24, 2.45) is 0 Å². The van der Waals surface area contributed by atoms with Crippen LogP contribution >= 0.6 is 0 Å². The van der Waals surface area contributed by atoms with E-state index in [0.717, 1.165) is 19.3 Å². The number of hydrogen-bond acceptors (Lipinski definition) is 4. The van der Waals surface area contributed by atoms with Crippen LogP contribution in [0.2, 0.25) is 0 Å². The van der Waals surface area contributed by atoms with Crippen LogP contribution < -0.4 is 0 Å². The molecular weight excluding hydrogens is 234 g/mol. The Hall–Kier alpha value is -1.65. The summed E-state index contributed by atoms with van der Waals surface area (Å²) in [7, 11) is 0. The molecular formula is C13H19NO4. The van der Waals surface area contributed by atoms with Gasteiger partial charge < -0.3 is 4.74 Å². The fraction of sp³-hybridized carbons (Fsp3) is 0.615. The number of imide groups is 1. The lowest BCUT2D eigenvalue weighted by molar-refractivity contribution is -0.155. The molecule has 100 valence electrons. The molecule has 1 saturated heterocycles. The van der Waals surface area contributed by atoms with Gasteiger partial charge in [0.05, 0.1) is 0 Å². The number of ether oxygens (including phenoxy) is 1. The van der Waals surface area contributed by atoms with Crippen molar-refractivity contribution in [3.63, 3.8) is 0 Å². The van der Waals surface area contributed by atoms with Crippen LogP contribution in [0.25, 0.3) is 0 Å². The number of carbonyl (C=O) groups is 3. The highest BCUT2D eigenvalue weighted by molar-refractivity contribution is 5.97. The van der Waals surface area contributed by atoms with E-state index < -0.39 is 18.5 Å². The second kappa shape index (κ2) is 6.33. The van der Waals surface area contributed by atoms with Crippen LogP contribution in [0.1, 0.15) is 39.5 Å². The van der Waals surface area contributed by atoms with E-state index >= 15 is 0 Å². The van der Waals surface area contributed by atoms with Crippen LogP contribution in [0.15, 0.2) is 12.2 Å². The maximum Gasteiger partial charge on any atom is 0.333 e. The Kier molecular flexibility index (Phi) is 5.07. The van der Waals surface area contributed by atoms with Gasteiger partial charge in [0.25, 0.3) is 5.91 Å². The van der Waals surface area contributed by atoms with Gasteiger partial charge in [0.2, 0.25) is 5.91 Å². The Morgan fingerprint density at radius 1 is 1.44 bits per heavy atom. The van der Waals surface area contributed by atoms with Gasteiger partial charge in [0.1, 0.15) is 0 Å². The van der Waals surface area contributed by atoms with Gasteiger partial charge in [-0.1, -0.05) is 13.0 Å². The van der Waals surface area contributed by atoms with Crippen LogP contribution in [0.5, 0.6) is 0 Å². The largest absolute Gasteiger partial charge is 0.452 e. The van der Waals surface area contributed by atoms with Gasteiger partial charge in [-0.25, -0.2) is 4.79 Å². The van der Waals surface area contributed by atoms with E-state index in [1.165, 1.54) is 11.8 Å². The molecule has 0 aromatic rings. The summed E-state index contributed by atoms with van der Waals surface area (Å²) < 4.78 is 4.77. The van der Waals surface area contributed by atoms with Gasteiger partial charge in [-0.3, -0.25) is 14.5 Å².